The summed E-state index contributed by atoms with van der Waals surface area (Å²) in [6, 6.07) is 0. The summed E-state index contributed by atoms with van der Waals surface area (Å²) in [6.07, 6.45) is 6.29. The highest BCUT2D eigenvalue weighted by Crippen LogP contribution is 2.10. The number of anilines is 1. The number of rotatable bonds is 3. The number of terminal acetylenes is 1. The Bertz CT molecular complexity index is 396. The van der Waals surface area contributed by atoms with Crippen LogP contribution in [0.3, 0.4) is 0 Å². The maximum atomic E-state index is 10.7. The standard InChI is InChI=1S/C9H9N3O2/c1-3-4-10-8-7(9(13)14)5-11-6(2)12-8/h1,5H,4H2,2H3,(H,13,14)(H,10,11,12). The number of aromatic carboxylic acids is 1. The van der Waals surface area contributed by atoms with Crippen molar-refractivity contribution in [3.63, 3.8) is 0 Å². The summed E-state index contributed by atoms with van der Waals surface area (Å²) in [4.78, 5) is 18.4. The predicted molar refractivity (Wildman–Crippen MR) is 51.1 cm³/mol. The molecule has 1 heterocycles. The van der Waals surface area contributed by atoms with Crippen LogP contribution in [0.4, 0.5) is 5.82 Å². The normalized spacial score (nSPS) is 9.14. The second-order valence-corrected chi connectivity index (χ2v) is 2.54. The van der Waals surface area contributed by atoms with Crippen LogP contribution in [0.5, 0.6) is 0 Å². The molecule has 0 aliphatic heterocycles. The number of aryl methyl sites for hydroxylation is 1. The summed E-state index contributed by atoms with van der Waals surface area (Å²) in [5.74, 6) is 2.01. The van der Waals surface area contributed by atoms with Gasteiger partial charge in [-0.15, -0.1) is 6.42 Å². The molecular weight excluding hydrogens is 182 g/mol. The Morgan fingerprint density at radius 1 is 1.79 bits per heavy atom. The summed E-state index contributed by atoms with van der Waals surface area (Å²) >= 11 is 0. The van der Waals surface area contributed by atoms with E-state index in [2.05, 4.69) is 21.2 Å². The van der Waals surface area contributed by atoms with E-state index in [0.29, 0.717) is 5.82 Å². The van der Waals surface area contributed by atoms with Crippen LogP contribution in [0, 0.1) is 19.3 Å². The van der Waals surface area contributed by atoms with Crippen molar-refractivity contribution >= 4 is 11.8 Å². The zero-order valence-electron chi connectivity index (χ0n) is 7.61. The molecule has 5 heteroatoms. The molecule has 0 saturated heterocycles. The summed E-state index contributed by atoms with van der Waals surface area (Å²) in [5.41, 5.74) is 0.0193. The molecule has 72 valence electrons. The Labute approximate surface area is 81.2 Å². The number of aromatic nitrogens is 2. The number of carbonyl (C=O) groups is 1. The molecule has 0 spiro atoms. The number of nitrogens with one attached hydrogen (secondary N) is 1. The monoisotopic (exact) mass is 191 g/mol. The summed E-state index contributed by atoms with van der Waals surface area (Å²) in [6.45, 7) is 1.91. The van der Waals surface area contributed by atoms with E-state index in [1.165, 1.54) is 6.20 Å². The highest BCUT2D eigenvalue weighted by Gasteiger charge is 2.11. The third kappa shape index (κ3) is 2.20. The van der Waals surface area contributed by atoms with Gasteiger partial charge in [-0.1, -0.05) is 5.92 Å². The van der Waals surface area contributed by atoms with Crippen LogP contribution in [0.2, 0.25) is 0 Å². The first-order chi connectivity index (χ1) is 6.65. The lowest BCUT2D eigenvalue weighted by molar-refractivity contribution is 0.0697. The number of carboxylic acids is 1. The molecule has 0 aliphatic carbocycles. The zero-order valence-corrected chi connectivity index (χ0v) is 7.61. The Balaban J connectivity index is 3.04. The van der Waals surface area contributed by atoms with Gasteiger partial charge in [-0.3, -0.25) is 0 Å². The fourth-order valence-electron chi connectivity index (χ4n) is 0.896. The number of hydrogen-bond acceptors (Lipinski definition) is 4. The minimum atomic E-state index is -1.08. The lowest BCUT2D eigenvalue weighted by atomic mass is 10.3. The van der Waals surface area contributed by atoms with Crippen molar-refractivity contribution in [3.05, 3.63) is 17.6 Å². The quantitative estimate of drug-likeness (QED) is 0.681. The Morgan fingerprint density at radius 2 is 2.50 bits per heavy atom. The maximum Gasteiger partial charge on any atom is 0.341 e. The van der Waals surface area contributed by atoms with E-state index >= 15 is 0 Å². The number of carboxylic acid groups (broad SMARTS) is 1. The van der Waals surface area contributed by atoms with Crippen LogP contribution >= 0.6 is 0 Å². The van der Waals surface area contributed by atoms with Gasteiger partial charge in [0, 0.05) is 6.20 Å². The van der Waals surface area contributed by atoms with Crippen LogP contribution < -0.4 is 5.32 Å². The van der Waals surface area contributed by atoms with Crippen LogP contribution in [-0.4, -0.2) is 27.6 Å². The molecule has 0 aromatic carbocycles. The lowest BCUT2D eigenvalue weighted by Gasteiger charge is -2.05. The van der Waals surface area contributed by atoms with E-state index in [-0.39, 0.29) is 17.9 Å². The van der Waals surface area contributed by atoms with E-state index in [9.17, 15) is 4.79 Å². The fraction of sp³-hybridized carbons (Fsp3) is 0.222. The van der Waals surface area contributed by atoms with Gasteiger partial charge in [0.05, 0.1) is 6.54 Å². The third-order valence-electron chi connectivity index (χ3n) is 1.50. The van der Waals surface area contributed by atoms with Gasteiger partial charge in [0.2, 0.25) is 0 Å². The Hall–Kier alpha value is -2.09. The van der Waals surface area contributed by atoms with Crippen LogP contribution in [-0.2, 0) is 0 Å². The van der Waals surface area contributed by atoms with Crippen molar-refractivity contribution in [1.29, 1.82) is 0 Å². The molecule has 0 fully saturated rings. The molecule has 0 radical (unpaired) electrons. The molecular formula is C9H9N3O2. The van der Waals surface area contributed by atoms with Crippen molar-refractivity contribution < 1.29 is 9.90 Å². The molecule has 0 bridgehead atoms. The van der Waals surface area contributed by atoms with E-state index in [0.717, 1.165) is 0 Å². The highest BCUT2D eigenvalue weighted by molar-refractivity contribution is 5.92. The summed E-state index contributed by atoms with van der Waals surface area (Å²) in [5, 5.41) is 11.5. The van der Waals surface area contributed by atoms with Crippen LogP contribution in [0.1, 0.15) is 16.2 Å². The highest BCUT2D eigenvalue weighted by atomic mass is 16.4. The van der Waals surface area contributed by atoms with E-state index in [1.54, 1.807) is 6.92 Å². The molecule has 1 rings (SSSR count). The van der Waals surface area contributed by atoms with Crippen LogP contribution in [0.25, 0.3) is 0 Å². The van der Waals surface area contributed by atoms with Gasteiger partial charge in [-0.05, 0) is 6.92 Å². The molecule has 5 nitrogen and oxygen atoms in total. The molecule has 0 amide bonds. The topological polar surface area (TPSA) is 75.1 Å². The molecule has 1 aromatic rings. The second kappa shape index (κ2) is 4.23. The SMILES string of the molecule is C#CCNc1nc(C)ncc1C(=O)O. The van der Waals surface area contributed by atoms with Crippen LogP contribution in [0.15, 0.2) is 6.20 Å². The second-order valence-electron chi connectivity index (χ2n) is 2.54. The van der Waals surface area contributed by atoms with Crippen molar-refractivity contribution in [2.75, 3.05) is 11.9 Å². The molecule has 0 atom stereocenters. The largest absolute Gasteiger partial charge is 0.477 e. The average molecular weight is 191 g/mol. The van der Waals surface area contributed by atoms with Gasteiger partial charge in [-0.2, -0.15) is 0 Å². The smallest absolute Gasteiger partial charge is 0.341 e. The van der Waals surface area contributed by atoms with Gasteiger partial charge in [0.15, 0.2) is 0 Å². The minimum Gasteiger partial charge on any atom is -0.477 e. The van der Waals surface area contributed by atoms with Gasteiger partial charge >= 0.3 is 5.97 Å². The first kappa shape index (κ1) is 9.99. The predicted octanol–water partition coefficient (Wildman–Crippen LogP) is 0.528. The fourth-order valence-corrected chi connectivity index (χ4v) is 0.896. The van der Waals surface area contributed by atoms with Gasteiger partial charge in [-0.25, -0.2) is 14.8 Å². The van der Waals surface area contributed by atoms with Crippen molar-refractivity contribution in [1.82, 2.24) is 9.97 Å². The molecule has 2 N–H and O–H groups in total. The number of nitrogens with zero attached hydrogens (tertiary/aromatic N) is 2. The summed E-state index contributed by atoms with van der Waals surface area (Å²) in [7, 11) is 0. The van der Waals surface area contributed by atoms with E-state index in [1.807, 2.05) is 0 Å². The van der Waals surface area contributed by atoms with Gasteiger partial charge in [0.25, 0.3) is 0 Å². The minimum absolute atomic E-state index is 0.0193. The number of hydrogen-bond donors (Lipinski definition) is 2. The van der Waals surface area contributed by atoms with Crippen molar-refractivity contribution in [2.45, 2.75) is 6.92 Å². The van der Waals surface area contributed by atoms with Gasteiger partial charge < -0.3 is 10.4 Å². The van der Waals surface area contributed by atoms with E-state index in [4.69, 9.17) is 11.5 Å². The Morgan fingerprint density at radius 3 is 3.07 bits per heavy atom. The summed E-state index contributed by atoms with van der Waals surface area (Å²) < 4.78 is 0. The average Bonchev–Trinajstić information content (AvgIpc) is 2.14. The molecule has 14 heavy (non-hydrogen) atoms. The first-order valence-electron chi connectivity index (χ1n) is 3.89. The van der Waals surface area contributed by atoms with E-state index < -0.39 is 5.97 Å². The zero-order chi connectivity index (χ0) is 10.6. The molecule has 0 saturated carbocycles. The molecule has 1 aromatic heterocycles. The van der Waals surface area contributed by atoms with Gasteiger partial charge in [0.1, 0.15) is 17.2 Å². The lowest BCUT2D eigenvalue weighted by Crippen LogP contribution is -2.10. The maximum absolute atomic E-state index is 10.7. The molecule has 0 aliphatic rings. The first-order valence-corrected chi connectivity index (χ1v) is 3.89. The molecule has 0 unspecified atom stereocenters. The van der Waals surface area contributed by atoms with Crippen molar-refractivity contribution in [3.8, 4) is 12.3 Å². The van der Waals surface area contributed by atoms with Crippen molar-refractivity contribution in [2.24, 2.45) is 0 Å². The Kier molecular flexibility index (Phi) is 3.02. The third-order valence-corrected chi connectivity index (χ3v) is 1.50.